The van der Waals surface area contributed by atoms with Gasteiger partial charge in [-0.3, -0.25) is 0 Å². The second kappa shape index (κ2) is 8.78. The molecule has 2 aromatic rings. The Labute approximate surface area is 152 Å². The number of hydrogen-bond acceptors (Lipinski definition) is 6. The number of hydrogen-bond donors (Lipinski definition) is 1. The highest BCUT2D eigenvalue weighted by Gasteiger charge is 2.28. The van der Waals surface area contributed by atoms with E-state index in [2.05, 4.69) is 20.7 Å². The predicted molar refractivity (Wildman–Crippen MR) is 97.0 cm³/mol. The molecule has 25 heavy (non-hydrogen) atoms. The van der Waals surface area contributed by atoms with Gasteiger partial charge in [-0.2, -0.15) is 5.10 Å². The third kappa shape index (κ3) is 4.90. The Balaban J connectivity index is 1.84. The van der Waals surface area contributed by atoms with E-state index in [1.54, 1.807) is 12.3 Å². The average Bonchev–Trinajstić information content (AvgIpc) is 2.66. The number of piperidine rings is 1. The molecule has 1 aromatic heterocycles. The topological polar surface area (TPSA) is 68.6 Å². The summed E-state index contributed by atoms with van der Waals surface area (Å²) in [6, 6.07) is 11.4. The lowest BCUT2D eigenvalue weighted by Crippen LogP contribution is -2.33. The van der Waals surface area contributed by atoms with Crippen molar-refractivity contribution in [2.24, 2.45) is 11.1 Å². The van der Waals surface area contributed by atoms with Crippen molar-refractivity contribution in [3.8, 4) is 5.75 Å². The van der Waals surface area contributed by atoms with Crippen LogP contribution in [-0.4, -0.2) is 36.6 Å². The smallest absolute Gasteiger partial charge is 0.151 e. The maximum absolute atomic E-state index is 6.32. The van der Waals surface area contributed by atoms with Crippen molar-refractivity contribution in [2.75, 3.05) is 20.2 Å². The van der Waals surface area contributed by atoms with Gasteiger partial charge in [-0.05, 0) is 55.8 Å². The van der Waals surface area contributed by atoms with Gasteiger partial charge in [-0.25, -0.2) is 0 Å². The van der Waals surface area contributed by atoms with E-state index in [9.17, 15) is 0 Å². The average molecular weight is 361 g/mol. The maximum atomic E-state index is 6.32. The molecular weight excluding hydrogens is 340 g/mol. The number of benzene rings is 1. The minimum absolute atomic E-state index is 0.165. The van der Waals surface area contributed by atoms with Crippen LogP contribution >= 0.6 is 11.6 Å². The highest BCUT2D eigenvalue weighted by molar-refractivity contribution is 6.29. The molecule has 0 saturated carbocycles. The van der Waals surface area contributed by atoms with Crippen molar-refractivity contribution < 1.29 is 9.57 Å². The number of aromatic nitrogens is 2. The summed E-state index contributed by atoms with van der Waals surface area (Å²) in [4.78, 5) is 4.73. The van der Waals surface area contributed by atoms with Crippen LogP contribution in [0.1, 0.15) is 30.2 Å². The second-order valence-electron chi connectivity index (χ2n) is 5.90. The van der Waals surface area contributed by atoms with Crippen LogP contribution in [0.25, 0.3) is 0 Å². The molecule has 1 saturated heterocycles. The van der Waals surface area contributed by atoms with Gasteiger partial charge in [-0.1, -0.05) is 28.9 Å². The van der Waals surface area contributed by atoms with Crippen molar-refractivity contribution in [2.45, 2.75) is 18.9 Å². The molecular formula is C18H21ClN4O2. The first kappa shape index (κ1) is 17.6. The van der Waals surface area contributed by atoms with E-state index >= 15 is 0 Å². The Kier molecular flexibility index (Phi) is 6.19. The van der Waals surface area contributed by atoms with Crippen molar-refractivity contribution in [1.82, 2.24) is 15.5 Å². The first-order chi connectivity index (χ1) is 12.3. The Morgan fingerprint density at radius 1 is 1.24 bits per heavy atom. The fourth-order valence-corrected chi connectivity index (χ4v) is 3.05. The van der Waals surface area contributed by atoms with E-state index in [0.29, 0.717) is 11.1 Å². The van der Waals surface area contributed by atoms with Gasteiger partial charge in [0.2, 0.25) is 0 Å². The molecule has 3 rings (SSSR count). The third-order valence-corrected chi connectivity index (χ3v) is 4.39. The molecule has 1 aliphatic rings. The maximum Gasteiger partial charge on any atom is 0.151 e. The van der Waals surface area contributed by atoms with Crippen LogP contribution in [0, 0.1) is 5.92 Å². The summed E-state index contributed by atoms with van der Waals surface area (Å²) < 4.78 is 6.32. The number of oxime groups is 1. The summed E-state index contributed by atoms with van der Waals surface area (Å²) in [6.07, 6.45) is 3.54. The molecule has 1 fully saturated rings. The monoisotopic (exact) mass is 360 g/mol. The molecule has 1 aliphatic heterocycles. The van der Waals surface area contributed by atoms with Crippen LogP contribution in [-0.2, 0) is 4.84 Å². The molecule has 1 atom stereocenters. The zero-order chi connectivity index (χ0) is 17.5. The molecule has 132 valence electrons. The molecule has 1 N–H and O–H groups in total. The van der Waals surface area contributed by atoms with Crippen molar-refractivity contribution in [3.05, 3.63) is 52.8 Å². The summed E-state index contributed by atoms with van der Waals surface area (Å²) in [5, 5.41) is 15.8. The molecule has 0 aliphatic carbocycles. The highest BCUT2D eigenvalue weighted by Crippen LogP contribution is 2.32. The fourth-order valence-electron chi connectivity index (χ4n) is 2.95. The van der Waals surface area contributed by atoms with E-state index in [-0.39, 0.29) is 6.10 Å². The molecule has 1 aromatic carbocycles. The molecule has 1 unspecified atom stereocenters. The Morgan fingerprint density at radius 2 is 2.08 bits per heavy atom. The molecule has 7 heteroatoms. The largest absolute Gasteiger partial charge is 0.484 e. The zero-order valence-corrected chi connectivity index (χ0v) is 14.8. The normalized spacial score (nSPS) is 16.7. The van der Waals surface area contributed by atoms with Crippen molar-refractivity contribution in [1.29, 1.82) is 0 Å². The van der Waals surface area contributed by atoms with Gasteiger partial charge >= 0.3 is 0 Å². The van der Waals surface area contributed by atoms with Gasteiger partial charge in [0.05, 0.1) is 6.21 Å². The Bertz CT molecular complexity index is 702. The fraction of sp³-hybridized carbons (Fsp3) is 0.389. The van der Waals surface area contributed by atoms with Crippen molar-refractivity contribution in [3.63, 3.8) is 0 Å². The molecule has 0 amide bonds. The van der Waals surface area contributed by atoms with Crippen LogP contribution in [0.4, 0.5) is 0 Å². The van der Waals surface area contributed by atoms with Crippen LogP contribution in [0.3, 0.4) is 0 Å². The van der Waals surface area contributed by atoms with Crippen LogP contribution < -0.4 is 10.1 Å². The van der Waals surface area contributed by atoms with E-state index in [4.69, 9.17) is 21.2 Å². The zero-order valence-electron chi connectivity index (χ0n) is 14.1. The predicted octanol–water partition coefficient (Wildman–Crippen LogP) is 3.23. The first-order valence-corrected chi connectivity index (χ1v) is 8.67. The van der Waals surface area contributed by atoms with Crippen LogP contribution in [0.5, 0.6) is 5.75 Å². The van der Waals surface area contributed by atoms with Gasteiger partial charge in [-0.15, -0.1) is 5.10 Å². The van der Waals surface area contributed by atoms with Gasteiger partial charge in [0, 0.05) is 5.92 Å². The molecule has 2 heterocycles. The quantitative estimate of drug-likeness (QED) is 0.632. The standard InChI is InChI=1S/C18H21ClN4O2/c1-24-21-12-13-3-2-4-15(11-13)25-18(14-7-9-20-10-8-14)16-5-6-17(19)23-22-16/h2-6,11-12,14,18,20H,7-10H2,1H3. The van der Waals surface area contributed by atoms with E-state index in [1.165, 1.54) is 7.11 Å². The van der Waals surface area contributed by atoms with Crippen LogP contribution in [0.15, 0.2) is 41.6 Å². The molecule has 0 bridgehead atoms. The summed E-state index contributed by atoms with van der Waals surface area (Å²) in [5.41, 5.74) is 1.71. The third-order valence-electron chi connectivity index (χ3n) is 4.18. The Hall–Kier alpha value is -2.18. The highest BCUT2D eigenvalue weighted by atomic mass is 35.5. The van der Waals surface area contributed by atoms with Gasteiger partial charge in [0.1, 0.15) is 24.7 Å². The molecule has 0 radical (unpaired) electrons. The lowest BCUT2D eigenvalue weighted by molar-refractivity contribution is 0.108. The first-order valence-electron chi connectivity index (χ1n) is 8.29. The van der Waals surface area contributed by atoms with E-state index in [0.717, 1.165) is 42.9 Å². The number of halogens is 1. The van der Waals surface area contributed by atoms with Gasteiger partial charge in [0.25, 0.3) is 0 Å². The lowest BCUT2D eigenvalue weighted by Gasteiger charge is -2.30. The van der Waals surface area contributed by atoms with Crippen LogP contribution in [0.2, 0.25) is 5.15 Å². The number of ether oxygens (including phenoxy) is 1. The molecule has 6 nitrogen and oxygen atoms in total. The summed E-state index contributed by atoms with van der Waals surface area (Å²) in [6.45, 7) is 1.96. The molecule has 0 spiro atoms. The number of nitrogens with one attached hydrogen (secondary N) is 1. The summed E-state index contributed by atoms with van der Waals surface area (Å²) >= 11 is 5.88. The SMILES string of the molecule is CON=Cc1cccc(OC(c2ccc(Cl)nn2)C2CCNCC2)c1. The number of nitrogens with zero attached hydrogens (tertiary/aromatic N) is 3. The minimum atomic E-state index is -0.165. The van der Waals surface area contributed by atoms with E-state index < -0.39 is 0 Å². The Morgan fingerprint density at radius 3 is 2.80 bits per heavy atom. The number of rotatable bonds is 6. The van der Waals surface area contributed by atoms with Crippen molar-refractivity contribution >= 4 is 17.8 Å². The summed E-state index contributed by atoms with van der Waals surface area (Å²) in [7, 11) is 1.52. The van der Waals surface area contributed by atoms with Gasteiger partial charge in [0.15, 0.2) is 5.15 Å². The minimum Gasteiger partial charge on any atom is -0.484 e. The summed E-state index contributed by atoms with van der Waals surface area (Å²) in [5.74, 6) is 1.13. The van der Waals surface area contributed by atoms with Gasteiger partial charge < -0.3 is 14.9 Å². The lowest BCUT2D eigenvalue weighted by atomic mass is 9.90. The second-order valence-corrected chi connectivity index (χ2v) is 6.28. The van der Waals surface area contributed by atoms with E-state index in [1.807, 2.05) is 30.3 Å².